The summed E-state index contributed by atoms with van der Waals surface area (Å²) in [4.78, 5) is 5.51. The lowest BCUT2D eigenvalue weighted by molar-refractivity contribution is 0.128. The third-order valence-electron chi connectivity index (χ3n) is 6.83. The van der Waals surface area contributed by atoms with Crippen molar-refractivity contribution in [3.8, 4) is 0 Å². The predicted octanol–water partition coefficient (Wildman–Crippen LogP) is 4.48. The Balaban J connectivity index is 1.36. The molecule has 1 unspecified atom stereocenters. The quantitative estimate of drug-likeness (QED) is 0.545. The highest BCUT2D eigenvalue weighted by Crippen LogP contribution is 2.40. The average molecular weight is 411 g/mol. The van der Waals surface area contributed by atoms with Gasteiger partial charge in [-0.25, -0.2) is 4.39 Å². The molecule has 5 heteroatoms. The van der Waals surface area contributed by atoms with Crippen molar-refractivity contribution < 1.29 is 14.3 Å². The Labute approximate surface area is 177 Å². The number of aryl methyl sites for hydroxylation is 1. The van der Waals surface area contributed by atoms with Crippen LogP contribution in [0.25, 0.3) is 0 Å². The van der Waals surface area contributed by atoms with Crippen LogP contribution in [0.15, 0.2) is 47.6 Å². The van der Waals surface area contributed by atoms with Crippen LogP contribution in [0, 0.1) is 11.7 Å². The number of nitrogens with two attached hydrogens (primary N) is 1. The van der Waals surface area contributed by atoms with E-state index in [4.69, 9.17) is 10.6 Å². The third-order valence-corrected chi connectivity index (χ3v) is 6.83. The zero-order valence-electron chi connectivity index (χ0n) is 17.6. The van der Waals surface area contributed by atoms with Crippen molar-refractivity contribution in [2.45, 2.75) is 63.5 Å². The molecule has 3 N–H and O–H groups in total. The predicted molar refractivity (Wildman–Crippen MR) is 117 cm³/mol. The normalized spacial score (nSPS) is 26.5. The van der Waals surface area contributed by atoms with Crippen LogP contribution in [0.2, 0.25) is 0 Å². The zero-order chi connectivity index (χ0) is 21.1. The smallest absolute Gasteiger partial charge is 0.142 e. The molecule has 2 aromatic rings. The van der Waals surface area contributed by atoms with E-state index in [1.54, 1.807) is 12.1 Å². The van der Waals surface area contributed by atoms with Crippen LogP contribution in [-0.2, 0) is 24.3 Å². The lowest BCUT2D eigenvalue weighted by Crippen LogP contribution is -2.40. The van der Waals surface area contributed by atoms with Crippen molar-refractivity contribution in [1.82, 2.24) is 0 Å². The van der Waals surface area contributed by atoms with Gasteiger partial charge in [-0.05, 0) is 85.8 Å². The van der Waals surface area contributed by atoms with Crippen LogP contribution in [-0.4, -0.2) is 23.0 Å². The third kappa shape index (κ3) is 4.73. The van der Waals surface area contributed by atoms with E-state index in [1.807, 2.05) is 6.92 Å². The summed E-state index contributed by atoms with van der Waals surface area (Å²) in [6.45, 7) is 2.45. The Morgan fingerprint density at radius 3 is 2.73 bits per heavy atom. The topological polar surface area (TPSA) is 67.8 Å². The second-order valence-electron chi connectivity index (χ2n) is 9.06. The largest absolute Gasteiger partial charge is 0.394 e. The standard InChI is InChI=1S/C25H31FN2O2/c1-17(28-30-15-18-2-8-24(26)9-3-18)19-4-5-21-13-22(7-6-20(21)12-19)23-10-11-25(27,14-23)16-29/h2-3,6-9,13,19,23,29H,4-5,10-12,14-16,27H2,1H3/b28-17+/t19?,23-,25+/m0/s1. The van der Waals surface area contributed by atoms with Gasteiger partial charge in [0.05, 0.1) is 12.3 Å². The molecule has 0 radical (unpaired) electrons. The number of aliphatic hydroxyl groups excluding tert-OH is 1. The average Bonchev–Trinajstić information content (AvgIpc) is 3.17. The number of fused-ring (bicyclic) bond motifs is 1. The van der Waals surface area contributed by atoms with Crippen LogP contribution in [0.4, 0.5) is 4.39 Å². The maximum atomic E-state index is 13.0. The molecule has 2 aliphatic rings. The minimum atomic E-state index is -0.410. The van der Waals surface area contributed by atoms with Crippen LogP contribution in [0.3, 0.4) is 0 Å². The molecule has 3 atom stereocenters. The molecule has 1 saturated carbocycles. The SMILES string of the molecule is C/C(=N\OCc1ccc(F)cc1)C1CCc2cc([C@H]3CC[C@](N)(CO)C3)ccc2C1. The molecule has 30 heavy (non-hydrogen) atoms. The summed E-state index contributed by atoms with van der Waals surface area (Å²) in [7, 11) is 0. The molecule has 2 aliphatic carbocycles. The zero-order valence-corrected chi connectivity index (χ0v) is 17.6. The highest BCUT2D eigenvalue weighted by atomic mass is 19.1. The number of aliphatic hydroxyl groups is 1. The molecule has 0 saturated heterocycles. The summed E-state index contributed by atoms with van der Waals surface area (Å²) in [6.07, 6.45) is 5.89. The van der Waals surface area contributed by atoms with E-state index in [-0.39, 0.29) is 12.4 Å². The summed E-state index contributed by atoms with van der Waals surface area (Å²) >= 11 is 0. The lowest BCUT2D eigenvalue weighted by atomic mass is 9.80. The minimum absolute atomic E-state index is 0.0674. The molecule has 0 heterocycles. The first-order chi connectivity index (χ1) is 14.5. The first kappa shape index (κ1) is 21.0. The van der Waals surface area contributed by atoms with Crippen molar-refractivity contribution in [3.63, 3.8) is 0 Å². The Morgan fingerprint density at radius 2 is 2.00 bits per heavy atom. The van der Waals surface area contributed by atoms with E-state index in [9.17, 15) is 9.50 Å². The molecule has 1 fully saturated rings. The Bertz CT molecular complexity index is 912. The van der Waals surface area contributed by atoms with Gasteiger partial charge in [0, 0.05) is 11.5 Å². The van der Waals surface area contributed by atoms with Gasteiger partial charge in [-0.15, -0.1) is 0 Å². The summed E-state index contributed by atoms with van der Waals surface area (Å²) in [5, 5.41) is 13.9. The van der Waals surface area contributed by atoms with Crippen molar-refractivity contribution in [3.05, 3.63) is 70.5 Å². The monoisotopic (exact) mass is 410 g/mol. The van der Waals surface area contributed by atoms with E-state index in [0.717, 1.165) is 49.8 Å². The van der Waals surface area contributed by atoms with Gasteiger partial charge in [-0.2, -0.15) is 0 Å². The fourth-order valence-electron chi connectivity index (χ4n) is 4.83. The Kier molecular flexibility index (Phi) is 6.21. The second kappa shape index (κ2) is 8.86. The van der Waals surface area contributed by atoms with Gasteiger partial charge in [-0.1, -0.05) is 35.5 Å². The van der Waals surface area contributed by atoms with Crippen molar-refractivity contribution in [2.75, 3.05) is 6.61 Å². The molecule has 0 aliphatic heterocycles. The fraction of sp³-hybridized carbons (Fsp3) is 0.480. The lowest BCUT2D eigenvalue weighted by Gasteiger charge is -2.26. The molecule has 2 aromatic carbocycles. The molecule has 0 aromatic heterocycles. The van der Waals surface area contributed by atoms with E-state index in [0.29, 0.717) is 18.4 Å². The van der Waals surface area contributed by atoms with Crippen LogP contribution >= 0.6 is 0 Å². The first-order valence-electron chi connectivity index (χ1n) is 10.9. The maximum absolute atomic E-state index is 13.0. The van der Waals surface area contributed by atoms with Crippen molar-refractivity contribution >= 4 is 5.71 Å². The number of rotatable bonds is 6. The van der Waals surface area contributed by atoms with Gasteiger partial charge in [0.2, 0.25) is 0 Å². The van der Waals surface area contributed by atoms with Gasteiger partial charge in [0.1, 0.15) is 12.4 Å². The summed E-state index contributed by atoms with van der Waals surface area (Å²) in [6, 6.07) is 13.2. The van der Waals surface area contributed by atoms with Gasteiger partial charge in [0.25, 0.3) is 0 Å². The molecule has 0 bridgehead atoms. The van der Waals surface area contributed by atoms with Gasteiger partial charge in [-0.3, -0.25) is 0 Å². The molecule has 4 nitrogen and oxygen atoms in total. The van der Waals surface area contributed by atoms with Gasteiger partial charge < -0.3 is 15.7 Å². The van der Waals surface area contributed by atoms with Crippen LogP contribution < -0.4 is 5.73 Å². The number of benzene rings is 2. The number of oxime groups is 1. The molecular formula is C25H31FN2O2. The molecule has 0 amide bonds. The number of hydrogen-bond acceptors (Lipinski definition) is 4. The van der Waals surface area contributed by atoms with Crippen molar-refractivity contribution in [2.24, 2.45) is 16.8 Å². The number of nitrogens with zero attached hydrogens (tertiary/aromatic N) is 1. The van der Waals surface area contributed by atoms with E-state index in [2.05, 4.69) is 23.4 Å². The van der Waals surface area contributed by atoms with Crippen LogP contribution in [0.5, 0.6) is 0 Å². The van der Waals surface area contributed by atoms with E-state index >= 15 is 0 Å². The van der Waals surface area contributed by atoms with E-state index < -0.39 is 5.54 Å². The first-order valence-corrected chi connectivity index (χ1v) is 10.9. The van der Waals surface area contributed by atoms with Crippen molar-refractivity contribution in [1.29, 1.82) is 0 Å². The van der Waals surface area contributed by atoms with Gasteiger partial charge >= 0.3 is 0 Å². The summed E-state index contributed by atoms with van der Waals surface area (Å²) < 4.78 is 13.0. The summed E-state index contributed by atoms with van der Waals surface area (Å²) in [5.41, 5.74) is 12.0. The van der Waals surface area contributed by atoms with E-state index in [1.165, 1.54) is 28.8 Å². The summed E-state index contributed by atoms with van der Waals surface area (Å²) in [5.74, 6) is 0.591. The van der Waals surface area contributed by atoms with Gasteiger partial charge in [0.15, 0.2) is 0 Å². The Morgan fingerprint density at radius 1 is 1.20 bits per heavy atom. The highest BCUT2D eigenvalue weighted by molar-refractivity contribution is 5.84. The number of halogens is 1. The number of hydrogen-bond donors (Lipinski definition) is 2. The second-order valence-corrected chi connectivity index (χ2v) is 9.06. The molecule has 4 rings (SSSR count). The fourth-order valence-corrected chi connectivity index (χ4v) is 4.83. The Hall–Kier alpha value is -2.24. The minimum Gasteiger partial charge on any atom is -0.394 e. The molecular weight excluding hydrogens is 379 g/mol. The highest BCUT2D eigenvalue weighted by Gasteiger charge is 2.36. The maximum Gasteiger partial charge on any atom is 0.142 e. The molecule has 0 spiro atoms. The molecule has 160 valence electrons. The van der Waals surface area contributed by atoms with Crippen LogP contribution in [0.1, 0.15) is 60.8 Å².